The smallest absolute Gasteiger partial charge is 0.339 e. The van der Waals surface area contributed by atoms with Crippen LogP contribution in [0.15, 0.2) is 12.1 Å². The highest BCUT2D eigenvalue weighted by atomic mass is 127. The molecule has 0 spiro atoms. The molecule has 1 aromatic rings. The average molecular weight is 305 g/mol. The van der Waals surface area contributed by atoms with Crippen molar-refractivity contribution in [2.24, 2.45) is 0 Å². The summed E-state index contributed by atoms with van der Waals surface area (Å²) in [5.41, 5.74) is 0.0956. The Labute approximate surface area is 93.6 Å². The zero-order chi connectivity index (χ0) is 10.7. The Bertz CT molecular complexity index is 426. The van der Waals surface area contributed by atoms with Crippen molar-refractivity contribution >= 4 is 28.6 Å². The summed E-state index contributed by atoms with van der Waals surface area (Å²) >= 11 is 1.79. The van der Waals surface area contributed by atoms with E-state index >= 15 is 0 Å². The Balaban J connectivity index is 3.41. The molecule has 0 aliphatic carbocycles. The van der Waals surface area contributed by atoms with Gasteiger partial charge in [0, 0.05) is 3.57 Å². The van der Waals surface area contributed by atoms with Crippen molar-refractivity contribution in [1.29, 1.82) is 5.26 Å². The number of halogens is 2. The van der Waals surface area contributed by atoms with E-state index in [1.165, 1.54) is 13.2 Å². The Kier molecular flexibility index (Phi) is 3.41. The third-order valence-electron chi connectivity index (χ3n) is 1.57. The van der Waals surface area contributed by atoms with Gasteiger partial charge in [-0.05, 0) is 34.7 Å². The standard InChI is InChI=1S/C9H5FINO2/c1-14-9(13)6-2-5(10)3-8(11)7(6)4-12/h2-3H,1H3. The second-order valence-corrected chi connectivity index (χ2v) is 3.58. The fraction of sp³-hybridized carbons (Fsp3) is 0.111. The Morgan fingerprint density at radius 2 is 2.29 bits per heavy atom. The topological polar surface area (TPSA) is 50.1 Å². The summed E-state index contributed by atoms with van der Waals surface area (Å²) in [5, 5.41) is 8.75. The summed E-state index contributed by atoms with van der Waals surface area (Å²) in [7, 11) is 1.18. The molecule has 0 saturated heterocycles. The van der Waals surface area contributed by atoms with Crippen molar-refractivity contribution in [2.75, 3.05) is 7.11 Å². The van der Waals surface area contributed by atoms with E-state index in [0.29, 0.717) is 3.57 Å². The van der Waals surface area contributed by atoms with Gasteiger partial charge in [0.1, 0.15) is 11.9 Å². The van der Waals surface area contributed by atoms with E-state index in [2.05, 4.69) is 4.74 Å². The van der Waals surface area contributed by atoms with Gasteiger partial charge in [-0.25, -0.2) is 9.18 Å². The van der Waals surface area contributed by atoms with Gasteiger partial charge >= 0.3 is 5.97 Å². The normalized spacial score (nSPS) is 9.29. The molecule has 14 heavy (non-hydrogen) atoms. The molecule has 0 N–H and O–H groups in total. The lowest BCUT2D eigenvalue weighted by Crippen LogP contribution is -2.06. The molecule has 3 nitrogen and oxygen atoms in total. The molecule has 0 heterocycles. The summed E-state index contributed by atoms with van der Waals surface area (Å²) < 4.78 is 17.7. The number of esters is 1. The number of nitriles is 1. The molecule has 0 aromatic heterocycles. The van der Waals surface area contributed by atoms with Crippen molar-refractivity contribution < 1.29 is 13.9 Å². The summed E-state index contributed by atoms with van der Waals surface area (Å²) in [4.78, 5) is 11.2. The zero-order valence-corrected chi connectivity index (χ0v) is 9.33. The number of hydrogen-bond donors (Lipinski definition) is 0. The first-order chi connectivity index (χ1) is 6.60. The average Bonchev–Trinajstić information content (AvgIpc) is 2.15. The fourth-order valence-corrected chi connectivity index (χ4v) is 1.67. The van der Waals surface area contributed by atoms with Gasteiger partial charge in [0.2, 0.25) is 0 Å². The molecule has 0 unspecified atom stereocenters. The van der Waals surface area contributed by atoms with Crippen LogP contribution in [0, 0.1) is 20.7 Å². The zero-order valence-electron chi connectivity index (χ0n) is 7.17. The molecule has 1 aromatic carbocycles. The van der Waals surface area contributed by atoms with Crippen LogP contribution >= 0.6 is 22.6 Å². The predicted molar refractivity (Wildman–Crippen MR) is 55.2 cm³/mol. The molecule has 5 heteroatoms. The first kappa shape index (κ1) is 10.9. The highest BCUT2D eigenvalue weighted by Gasteiger charge is 2.16. The van der Waals surface area contributed by atoms with Gasteiger partial charge in [0.25, 0.3) is 0 Å². The highest BCUT2D eigenvalue weighted by molar-refractivity contribution is 14.1. The van der Waals surface area contributed by atoms with Crippen LogP contribution in [0.5, 0.6) is 0 Å². The largest absolute Gasteiger partial charge is 0.465 e. The summed E-state index contributed by atoms with van der Waals surface area (Å²) in [5.74, 6) is -1.27. The summed E-state index contributed by atoms with van der Waals surface area (Å²) in [6.45, 7) is 0. The van der Waals surface area contributed by atoms with Crippen LogP contribution in [0.1, 0.15) is 15.9 Å². The molecule has 0 fully saturated rings. The van der Waals surface area contributed by atoms with E-state index in [-0.39, 0.29) is 11.1 Å². The molecule has 0 aliphatic rings. The van der Waals surface area contributed by atoms with Gasteiger partial charge in [-0.3, -0.25) is 0 Å². The Morgan fingerprint density at radius 1 is 1.64 bits per heavy atom. The lowest BCUT2D eigenvalue weighted by atomic mass is 10.1. The molecule has 1 rings (SSSR count). The van der Waals surface area contributed by atoms with Gasteiger partial charge in [-0.1, -0.05) is 0 Å². The molecule has 0 radical (unpaired) electrons. The number of hydrogen-bond acceptors (Lipinski definition) is 3. The molecule has 0 amide bonds. The number of benzene rings is 1. The van der Waals surface area contributed by atoms with Crippen LogP contribution in [-0.2, 0) is 4.74 Å². The molecule has 0 bridgehead atoms. The van der Waals surface area contributed by atoms with Crippen LogP contribution in [0.4, 0.5) is 4.39 Å². The maximum Gasteiger partial charge on any atom is 0.339 e. The van der Waals surface area contributed by atoms with Crippen molar-refractivity contribution in [1.82, 2.24) is 0 Å². The van der Waals surface area contributed by atoms with Gasteiger partial charge < -0.3 is 4.74 Å². The minimum atomic E-state index is -0.709. The highest BCUT2D eigenvalue weighted by Crippen LogP contribution is 2.19. The number of methoxy groups -OCH3 is 1. The predicted octanol–water partition coefficient (Wildman–Crippen LogP) is 2.09. The minimum absolute atomic E-state index is 0.0422. The Morgan fingerprint density at radius 3 is 2.79 bits per heavy atom. The van der Waals surface area contributed by atoms with Crippen LogP contribution in [0.2, 0.25) is 0 Å². The van der Waals surface area contributed by atoms with Crippen LogP contribution in [-0.4, -0.2) is 13.1 Å². The Hall–Kier alpha value is -1.16. The lowest BCUT2D eigenvalue weighted by Gasteiger charge is -2.03. The maximum absolute atomic E-state index is 12.9. The van der Waals surface area contributed by atoms with Crippen LogP contribution in [0.3, 0.4) is 0 Å². The van der Waals surface area contributed by atoms with E-state index in [9.17, 15) is 9.18 Å². The van der Waals surface area contributed by atoms with E-state index in [0.717, 1.165) is 6.07 Å². The van der Waals surface area contributed by atoms with Crippen LogP contribution < -0.4 is 0 Å². The number of nitrogens with zero attached hydrogens (tertiary/aromatic N) is 1. The molecular weight excluding hydrogens is 300 g/mol. The van der Waals surface area contributed by atoms with Gasteiger partial charge in [0.15, 0.2) is 0 Å². The second kappa shape index (κ2) is 4.37. The van der Waals surface area contributed by atoms with Crippen LogP contribution in [0.25, 0.3) is 0 Å². The third kappa shape index (κ3) is 2.01. The van der Waals surface area contributed by atoms with E-state index < -0.39 is 11.8 Å². The maximum atomic E-state index is 12.9. The number of carbonyl (C=O) groups excluding carboxylic acids is 1. The molecule has 0 aliphatic heterocycles. The van der Waals surface area contributed by atoms with E-state index in [1.807, 2.05) is 6.07 Å². The molecule has 72 valence electrons. The third-order valence-corrected chi connectivity index (χ3v) is 2.42. The fourth-order valence-electron chi connectivity index (χ4n) is 0.958. The number of carbonyl (C=O) groups is 1. The minimum Gasteiger partial charge on any atom is -0.465 e. The van der Waals surface area contributed by atoms with Gasteiger partial charge in [-0.2, -0.15) is 5.26 Å². The monoisotopic (exact) mass is 305 g/mol. The van der Waals surface area contributed by atoms with Crippen molar-refractivity contribution in [2.45, 2.75) is 0 Å². The summed E-state index contributed by atoms with van der Waals surface area (Å²) in [6, 6.07) is 4.01. The molecule has 0 saturated carbocycles. The van der Waals surface area contributed by atoms with Gasteiger partial charge in [0.05, 0.1) is 18.2 Å². The van der Waals surface area contributed by atoms with Crippen molar-refractivity contribution in [3.63, 3.8) is 0 Å². The summed E-state index contributed by atoms with van der Waals surface area (Å²) in [6.07, 6.45) is 0. The van der Waals surface area contributed by atoms with Crippen molar-refractivity contribution in [3.05, 3.63) is 32.6 Å². The number of ether oxygens (including phenoxy) is 1. The quantitative estimate of drug-likeness (QED) is 0.590. The first-order valence-corrected chi connectivity index (χ1v) is 4.65. The number of rotatable bonds is 1. The molecule has 0 atom stereocenters. The first-order valence-electron chi connectivity index (χ1n) is 3.57. The second-order valence-electron chi connectivity index (χ2n) is 2.41. The SMILES string of the molecule is COC(=O)c1cc(F)cc(I)c1C#N. The molecular formula is C9H5FINO2. The van der Waals surface area contributed by atoms with Crippen molar-refractivity contribution in [3.8, 4) is 6.07 Å². The van der Waals surface area contributed by atoms with Gasteiger partial charge in [-0.15, -0.1) is 0 Å². The van der Waals surface area contributed by atoms with E-state index in [1.54, 1.807) is 22.6 Å². The van der Waals surface area contributed by atoms with E-state index in [4.69, 9.17) is 5.26 Å². The lowest BCUT2D eigenvalue weighted by molar-refractivity contribution is 0.0599.